The van der Waals surface area contributed by atoms with E-state index < -0.39 is 0 Å². The monoisotopic (exact) mass is 255 g/mol. The minimum atomic E-state index is -0.197. The van der Waals surface area contributed by atoms with Crippen LogP contribution >= 0.6 is 0 Å². The average molecular weight is 255 g/mol. The zero-order valence-electron chi connectivity index (χ0n) is 11.7. The van der Waals surface area contributed by atoms with Crippen LogP contribution in [-0.4, -0.2) is 54.9 Å². The number of nitrogens with zero attached hydrogens (tertiary/aromatic N) is 1. The maximum atomic E-state index is 11.6. The van der Waals surface area contributed by atoms with Gasteiger partial charge in [0.05, 0.1) is 12.7 Å². The molecule has 0 saturated carbocycles. The maximum Gasteiger partial charge on any atom is 0.315 e. The minimum absolute atomic E-state index is 0.116. The molecule has 0 aliphatic carbocycles. The van der Waals surface area contributed by atoms with Crippen molar-refractivity contribution in [3.05, 3.63) is 0 Å². The lowest BCUT2D eigenvalue weighted by molar-refractivity contribution is -0.0458. The van der Waals surface area contributed by atoms with Crippen molar-refractivity contribution < 1.29 is 9.53 Å². The summed E-state index contributed by atoms with van der Waals surface area (Å²) >= 11 is 0. The van der Waals surface area contributed by atoms with Crippen LogP contribution in [0.3, 0.4) is 0 Å². The van der Waals surface area contributed by atoms with Crippen LogP contribution in [0.25, 0.3) is 0 Å². The largest absolute Gasteiger partial charge is 0.373 e. The Balaban J connectivity index is 1.69. The van der Waals surface area contributed by atoms with Gasteiger partial charge in [0.2, 0.25) is 0 Å². The van der Waals surface area contributed by atoms with E-state index in [9.17, 15) is 4.79 Å². The van der Waals surface area contributed by atoms with E-state index in [1.165, 1.54) is 19.4 Å². The lowest BCUT2D eigenvalue weighted by atomic mass is 10.1. The van der Waals surface area contributed by atoms with Crippen molar-refractivity contribution in [3.8, 4) is 0 Å². The first kappa shape index (κ1) is 13.6. The fourth-order valence-electron chi connectivity index (χ4n) is 2.60. The summed E-state index contributed by atoms with van der Waals surface area (Å²) in [5.41, 5.74) is -0.197. The molecule has 0 radical (unpaired) electrons. The molecule has 2 heterocycles. The van der Waals surface area contributed by atoms with Gasteiger partial charge in [0.1, 0.15) is 0 Å². The van der Waals surface area contributed by atoms with E-state index in [4.69, 9.17) is 4.74 Å². The molecular formula is C13H25N3O2. The fraction of sp³-hybridized carbons (Fsp3) is 0.923. The highest BCUT2D eigenvalue weighted by atomic mass is 16.5. The molecule has 0 aromatic carbocycles. The van der Waals surface area contributed by atoms with Gasteiger partial charge in [-0.1, -0.05) is 0 Å². The summed E-state index contributed by atoms with van der Waals surface area (Å²) in [5, 5.41) is 5.77. The van der Waals surface area contributed by atoms with Gasteiger partial charge >= 0.3 is 6.03 Å². The number of hydrogen-bond donors (Lipinski definition) is 2. The Morgan fingerprint density at radius 1 is 1.44 bits per heavy atom. The molecule has 2 fully saturated rings. The van der Waals surface area contributed by atoms with E-state index in [1.807, 2.05) is 20.8 Å². The molecule has 2 saturated heterocycles. The van der Waals surface area contributed by atoms with E-state index in [-0.39, 0.29) is 17.7 Å². The van der Waals surface area contributed by atoms with Crippen LogP contribution in [-0.2, 0) is 4.74 Å². The summed E-state index contributed by atoms with van der Waals surface area (Å²) in [6, 6.07) is 0.499. The number of nitrogens with one attached hydrogen (secondary N) is 2. The third kappa shape index (κ3) is 3.85. The summed E-state index contributed by atoms with van der Waals surface area (Å²) in [4.78, 5) is 14.1. The normalized spacial score (nSPS) is 28.8. The van der Waals surface area contributed by atoms with Gasteiger partial charge in [0.15, 0.2) is 0 Å². The van der Waals surface area contributed by atoms with Gasteiger partial charge in [-0.25, -0.2) is 4.79 Å². The number of rotatable bonds is 2. The second kappa shape index (κ2) is 5.45. The molecule has 2 aliphatic heterocycles. The lowest BCUT2D eigenvalue weighted by Gasteiger charge is -2.35. The quantitative estimate of drug-likeness (QED) is 0.772. The van der Waals surface area contributed by atoms with Gasteiger partial charge in [0, 0.05) is 24.7 Å². The van der Waals surface area contributed by atoms with Crippen molar-refractivity contribution in [1.82, 2.24) is 15.5 Å². The van der Waals surface area contributed by atoms with Crippen molar-refractivity contribution in [2.45, 2.75) is 51.3 Å². The van der Waals surface area contributed by atoms with E-state index in [0.717, 1.165) is 13.2 Å². The molecule has 0 spiro atoms. The van der Waals surface area contributed by atoms with Crippen LogP contribution in [0.4, 0.5) is 4.79 Å². The Bertz CT molecular complexity index is 301. The van der Waals surface area contributed by atoms with E-state index >= 15 is 0 Å². The molecule has 2 N–H and O–H groups in total. The van der Waals surface area contributed by atoms with E-state index in [1.54, 1.807) is 0 Å². The second-order valence-electron chi connectivity index (χ2n) is 6.33. The van der Waals surface area contributed by atoms with Gasteiger partial charge in [-0.15, -0.1) is 0 Å². The third-order valence-electron chi connectivity index (χ3n) is 3.44. The Morgan fingerprint density at radius 2 is 2.22 bits per heavy atom. The smallest absolute Gasteiger partial charge is 0.315 e. The number of carbonyl (C=O) groups is 1. The van der Waals surface area contributed by atoms with Crippen LogP contribution < -0.4 is 10.6 Å². The molecule has 0 aromatic rings. The van der Waals surface area contributed by atoms with Crippen molar-refractivity contribution in [2.24, 2.45) is 0 Å². The third-order valence-corrected chi connectivity index (χ3v) is 3.44. The number of ether oxygens (including phenoxy) is 1. The standard InChI is InChI=1S/C13H25N3O2/c1-13(2,3)15-12(17)14-7-11-8-16-6-4-5-10(16)9-18-11/h10-11H,4-9H2,1-3H3,(H2,14,15,17). The van der Waals surface area contributed by atoms with Gasteiger partial charge in [-0.05, 0) is 40.2 Å². The van der Waals surface area contributed by atoms with Crippen LogP contribution in [0.5, 0.6) is 0 Å². The molecule has 18 heavy (non-hydrogen) atoms. The Labute approximate surface area is 109 Å². The Hall–Kier alpha value is -0.810. The van der Waals surface area contributed by atoms with Crippen molar-refractivity contribution in [1.29, 1.82) is 0 Å². The summed E-state index contributed by atoms with van der Waals surface area (Å²) < 4.78 is 5.79. The number of morpholine rings is 1. The second-order valence-corrected chi connectivity index (χ2v) is 6.33. The Kier molecular flexibility index (Phi) is 4.12. The molecule has 0 bridgehead atoms. The first-order valence-corrected chi connectivity index (χ1v) is 6.86. The highest BCUT2D eigenvalue weighted by molar-refractivity contribution is 5.74. The summed E-state index contributed by atoms with van der Waals surface area (Å²) in [5.74, 6) is 0. The van der Waals surface area contributed by atoms with Gasteiger partial charge < -0.3 is 15.4 Å². The molecule has 2 rings (SSSR count). The molecule has 104 valence electrons. The molecule has 5 nitrogen and oxygen atoms in total. The van der Waals surface area contributed by atoms with E-state index in [2.05, 4.69) is 15.5 Å². The van der Waals surface area contributed by atoms with Crippen LogP contribution in [0.15, 0.2) is 0 Å². The molecule has 2 aliphatic rings. The van der Waals surface area contributed by atoms with Crippen LogP contribution in [0.1, 0.15) is 33.6 Å². The van der Waals surface area contributed by atoms with Crippen LogP contribution in [0.2, 0.25) is 0 Å². The van der Waals surface area contributed by atoms with Crippen molar-refractivity contribution in [2.75, 3.05) is 26.2 Å². The topological polar surface area (TPSA) is 53.6 Å². The predicted molar refractivity (Wildman–Crippen MR) is 70.6 cm³/mol. The number of amides is 2. The molecule has 2 atom stereocenters. The fourth-order valence-corrected chi connectivity index (χ4v) is 2.60. The molecule has 0 aromatic heterocycles. The zero-order chi connectivity index (χ0) is 13.2. The van der Waals surface area contributed by atoms with Gasteiger partial charge in [-0.2, -0.15) is 0 Å². The molecule has 2 unspecified atom stereocenters. The number of urea groups is 1. The first-order valence-electron chi connectivity index (χ1n) is 6.86. The number of hydrogen-bond acceptors (Lipinski definition) is 3. The zero-order valence-corrected chi connectivity index (χ0v) is 11.7. The Morgan fingerprint density at radius 3 is 2.94 bits per heavy atom. The first-order chi connectivity index (χ1) is 8.44. The molecular weight excluding hydrogens is 230 g/mol. The van der Waals surface area contributed by atoms with Crippen molar-refractivity contribution >= 4 is 6.03 Å². The summed E-state index contributed by atoms with van der Waals surface area (Å²) in [7, 11) is 0. The highest BCUT2D eigenvalue weighted by Gasteiger charge is 2.32. The maximum absolute atomic E-state index is 11.6. The minimum Gasteiger partial charge on any atom is -0.373 e. The highest BCUT2D eigenvalue weighted by Crippen LogP contribution is 2.22. The summed E-state index contributed by atoms with van der Waals surface area (Å²) in [6.45, 7) is 9.44. The number of fused-ring (bicyclic) bond motifs is 1. The lowest BCUT2D eigenvalue weighted by Crippen LogP contribution is -2.53. The van der Waals surface area contributed by atoms with Gasteiger partial charge in [0.25, 0.3) is 0 Å². The SMILES string of the molecule is CC(C)(C)NC(=O)NCC1CN2CCCC2CO1. The number of carbonyl (C=O) groups excluding carboxylic acids is 1. The predicted octanol–water partition coefficient (Wildman–Crippen LogP) is 0.947. The van der Waals surface area contributed by atoms with E-state index in [0.29, 0.717) is 12.6 Å². The molecule has 2 amide bonds. The van der Waals surface area contributed by atoms with Crippen molar-refractivity contribution in [3.63, 3.8) is 0 Å². The van der Waals surface area contributed by atoms with Gasteiger partial charge in [-0.3, -0.25) is 4.90 Å². The molecule has 5 heteroatoms. The average Bonchev–Trinajstić information content (AvgIpc) is 2.71. The summed E-state index contributed by atoms with van der Waals surface area (Å²) in [6.07, 6.45) is 2.66. The van der Waals surface area contributed by atoms with Crippen LogP contribution in [0, 0.1) is 0 Å².